The van der Waals surface area contributed by atoms with E-state index < -0.39 is 34.6 Å². The molecule has 0 heterocycles. The third-order valence-electron chi connectivity index (χ3n) is 6.99. The van der Waals surface area contributed by atoms with E-state index in [1.54, 1.807) is 4.90 Å². The maximum absolute atomic E-state index is 13.7. The first kappa shape index (κ1) is 25.9. The highest BCUT2D eigenvalue weighted by atomic mass is 16.3. The minimum Gasteiger partial charge on any atom is -0.388 e. The molecule has 0 radical (unpaired) electrons. The standard InChI is InChI=1S/C23H44N2O4/c1-7-11-22(28,12-8-2)17(5)25(20(27)21(15-16-21)19(24)26)18(6)23(29,13-9-3)14-10-4/h17-18,28-29H,7-16H2,1-6H3,(H2,24,26)/t17-,18-/m1/s1. The largest absolute Gasteiger partial charge is 0.388 e. The van der Waals surface area contributed by atoms with Gasteiger partial charge in [0.15, 0.2) is 0 Å². The van der Waals surface area contributed by atoms with E-state index >= 15 is 0 Å². The average Bonchev–Trinajstić information content (AvgIpc) is 3.44. The van der Waals surface area contributed by atoms with Crippen molar-refractivity contribution in [1.82, 2.24) is 4.90 Å². The van der Waals surface area contributed by atoms with Crippen LogP contribution in [-0.4, -0.2) is 50.2 Å². The molecule has 0 aromatic heterocycles. The first-order chi connectivity index (χ1) is 13.5. The second kappa shape index (κ2) is 10.3. The van der Waals surface area contributed by atoms with E-state index in [2.05, 4.69) is 0 Å². The molecule has 170 valence electrons. The normalized spacial score (nSPS) is 18.2. The lowest BCUT2D eigenvalue weighted by Gasteiger charge is -2.49. The molecule has 29 heavy (non-hydrogen) atoms. The lowest BCUT2D eigenvalue weighted by molar-refractivity contribution is -0.165. The van der Waals surface area contributed by atoms with E-state index in [0.717, 1.165) is 25.7 Å². The molecule has 1 aliphatic carbocycles. The van der Waals surface area contributed by atoms with Crippen LogP contribution in [0.5, 0.6) is 0 Å². The van der Waals surface area contributed by atoms with Crippen LogP contribution in [0.4, 0.5) is 0 Å². The molecule has 0 saturated heterocycles. The zero-order valence-corrected chi connectivity index (χ0v) is 19.5. The molecule has 2 atom stereocenters. The lowest BCUT2D eigenvalue weighted by atomic mass is 9.79. The highest BCUT2D eigenvalue weighted by molar-refractivity contribution is 6.07. The van der Waals surface area contributed by atoms with Crippen LogP contribution >= 0.6 is 0 Å². The minimum absolute atomic E-state index is 0.332. The third kappa shape index (κ3) is 5.32. The monoisotopic (exact) mass is 412 g/mol. The SMILES string of the molecule is CCCC(O)(CCC)[C@@H](C)N(C(=O)C1(C(N)=O)CC1)[C@H](C)C(O)(CCC)CCC. The van der Waals surface area contributed by atoms with E-state index in [-0.39, 0.29) is 5.91 Å². The summed E-state index contributed by atoms with van der Waals surface area (Å²) in [7, 11) is 0. The first-order valence-corrected chi connectivity index (χ1v) is 11.6. The van der Waals surface area contributed by atoms with Crippen molar-refractivity contribution in [3.63, 3.8) is 0 Å². The Morgan fingerprint density at radius 3 is 1.38 bits per heavy atom. The Kier molecular flexibility index (Phi) is 9.15. The third-order valence-corrected chi connectivity index (χ3v) is 6.99. The number of carbonyl (C=O) groups is 2. The van der Waals surface area contributed by atoms with Crippen LogP contribution in [0.2, 0.25) is 0 Å². The molecule has 6 heteroatoms. The van der Waals surface area contributed by atoms with Gasteiger partial charge in [-0.2, -0.15) is 0 Å². The Balaban J connectivity index is 3.45. The molecule has 0 aliphatic heterocycles. The second-order valence-electron chi connectivity index (χ2n) is 9.22. The van der Waals surface area contributed by atoms with Crippen LogP contribution in [0.25, 0.3) is 0 Å². The molecule has 1 aliphatic rings. The van der Waals surface area contributed by atoms with Gasteiger partial charge in [-0.15, -0.1) is 0 Å². The first-order valence-electron chi connectivity index (χ1n) is 11.6. The van der Waals surface area contributed by atoms with E-state index in [1.807, 2.05) is 41.5 Å². The maximum Gasteiger partial charge on any atom is 0.238 e. The quantitative estimate of drug-likeness (QED) is 0.380. The van der Waals surface area contributed by atoms with Gasteiger partial charge in [0, 0.05) is 0 Å². The van der Waals surface area contributed by atoms with E-state index in [0.29, 0.717) is 38.5 Å². The maximum atomic E-state index is 13.7. The predicted octanol–water partition coefficient (Wildman–Crippen LogP) is 3.52. The molecule has 6 nitrogen and oxygen atoms in total. The van der Waals surface area contributed by atoms with Crippen LogP contribution in [0.15, 0.2) is 0 Å². The summed E-state index contributed by atoms with van der Waals surface area (Å²) < 4.78 is 0. The molecule has 1 fully saturated rings. The van der Waals surface area contributed by atoms with Crippen molar-refractivity contribution in [1.29, 1.82) is 0 Å². The number of carbonyl (C=O) groups excluding carboxylic acids is 2. The van der Waals surface area contributed by atoms with Crippen molar-refractivity contribution in [2.75, 3.05) is 0 Å². The highest BCUT2D eigenvalue weighted by Gasteiger charge is 2.60. The van der Waals surface area contributed by atoms with E-state index in [4.69, 9.17) is 5.73 Å². The molecular weight excluding hydrogens is 368 g/mol. The van der Waals surface area contributed by atoms with Crippen molar-refractivity contribution in [2.45, 2.75) is 129 Å². The van der Waals surface area contributed by atoms with Gasteiger partial charge in [0.05, 0.1) is 23.3 Å². The van der Waals surface area contributed by atoms with Gasteiger partial charge in [0.25, 0.3) is 0 Å². The lowest BCUT2D eigenvalue weighted by Crippen LogP contribution is -2.64. The molecule has 0 aromatic rings. The average molecular weight is 413 g/mol. The van der Waals surface area contributed by atoms with Crippen LogP contribution in [0.1, 0.15) is 106 Å². The molecule has 0 spiro atoms. The Morgan fingerprint density at radius 1 is 0.862 bits per heavy atom. The fraction of sp³-hybridized carbons (Fsp3) is 0.913. The molecule has 1 saturated carbocycles. The number of primary amides is 1. The van der Waals surface area contributed by atoms with Crippen molar-refractivity contribution >= 4 is 11.8 Å². The van der Waals surface area contributed by atoms with Crippen LogP contribution in [0, 0.1) is 5.41 Å². The molecule has 0 aromatic carbocycles. The second-order valence-corrected chi connectivity index (χ2v) is 9.22. The molecule has 1 rings (SSSR count). The molecule has 4 N–H and O–H groups in total. The van der Waals surface area contributed by atoms with E-state index in [9.17, 15) is 19.8 Å². The Labute approximate surface area is 177 Å². The van der Waals surface area contributed by atoms with Gasteiger partial charge in [-0.1, -0.05) is 53.4 Å². The van der Waals surface area contributed by atoms with Crippen molar-refractivity contribution in [3.8, 4) is 0 Å². The van der Waals surface area contributed by atoms with Gasteiger partial charge in [0.1, 0.15) is 5.41 Å². The fourth-order valence-corrected chi connectivity index (χ4v) is 4.96. The summed E-state index contributed by atoms with van der Waals surface area (Å²) in [6.45, 7) is 11.8. The zero-order valence-electron chi connectivity index (χ0n) is 19.5. The number of hydrogen-bond donors (Lipinski definition) is 3. The summed E-state index contributed by atoms with van der Waals surface area (Å²) in [6, 6.07) is -1.05. The summed E-state index contributed by atoms with van der Waals surface area (Å²) >= 11 is 0. The Bertz CT molecular complexity index is 519. The predicted molar refractivity (Wildman–Crippen MR) is 116 cm³/mol. The molecule has 0 bridgehead atoms. The van der Waals surface area contributed by atoms with Crippen LogP contribution in [0.3, 0.4) is 0 Å². The van der Waals surface area contributed by atoms with E-state index in [1.165, 1.54) is 0 Å². The Hall–Kier alpha value is -1.14. The Morgan fingerprint density at radius 2 is 1.17 bits per heavy atom. The van der Waals surface area contributed by atoms with Crippen molar-refractivity contribution in [2.24, 2.45) is 11.1 Å². The molecular formula is C23H44N2O4. The van der Waals surface area contributed by atoms with Gasteiger partial charge < -0.3 is 20.8 Å². The van der Waals surface area contributed by atoms with Gasteiger partial charge in [-0.25, -0.2) is 0 Å². The van der Waals surface area contributed by atoms with Gasteiger partial charge in [0.2, 0.25) is 11.8 Å². The highest BCUT2D eigenvalue weighted by Crippen LogP contribution is 2.49. The summed E-state index contributed by atoms with van der Waals surface area (Å²) in [5.41, 5.74) is 2.30. The summed E-state index contributed by atoms with van der Waals surface area (Å²) in [5.74, 6) is -0.933. The topological polar surface area (TPSA) is 104 Å². The summed E-state index contributed by atoms with van der Waals surface area (Å²) in [4.78, 5) is 27.4. The van der Waals surface area contributed by atoms with Crippen LogP contribution in [-0.2, 0) is 9.59 Å². The number of nitrogens with two attached hydrogens (primary N) is 1. The summed E-state index contributed by atoms with van der Waals surface area (Å²) in [6.07, 6.45) is 6.25. The molecule has 2 amide bonds. The number of aliphatic hydroxyl groups is 2. The summed E-state index contributed by atoms with van der Waals surface area (Å²) in [5, 5.41) is 23.0. The zero-order chi connectivity index (χ0) is 22.5. The smallest absolute Gasteiger partial charge is 0.238 e. The van der Waals surface area contributed by atoms with Crippen molar-refractivity contribution < 1.29 is 19.8 Å². The molecule has 0 unspecified atom stereocenters. The number of rotatable bonds is 14. The van der Waals surface area contributed by atoms with Crippen molar-refractivity contribution in [3.05, 3.63) is 0 Å². The van der Waals surface area contributed by atoms with Gasteiger partial charge in [-0.3, -0.25) is 9.59 Å². The van der Waals surface area contributed by atoms with Gasteiger partial charge >= 0.3 is 0 Å². The van der Waals surface area contributed by atoms with Gasteiger partial charge in [-0.05, 0) is 52.4 Å². The fourth-order valence-electron chi connectivity index (χ4n) is 4.96. The number of amides is 2. The number of nitrogens with zero attached hydrogens (tertiary/aromatic N) is 1. The van der Waals surface area contributed by atoms with Crippen LogP contribution < -0.4 is 5.73 Å². The minimum atomic E-state index is -1.18. The number of hydrogen-bond acceptors (Lipinski definition) is 4.